The second-order valence-corrected chi connectivity index (χ2v) is 6.08. The first kappa shape index (κ1) is 18.4. The molecule has 118 valence electrons. The van der Waals surface area contributed by atoms with E-state index in [1.807, 2.05) is 25.1 Å². The van der Waals surface area contributed by atoms with Gasteiger partial charge in [0.05, 0.1) is 6.54 Å². The highest BCUT2D eigenvalue weighted by molar-refractivity contribution is 9.10. The highest BCUT2D eigenvalue weighted by atomic mass is 79.9. The number of carbonyl (C=O) groups excluding carboxylic acids is 1. The van der Waals surface area contributed by atoms with Crippen molar-refractivity contribution in [2.45, 2.75) is 13.8 Å². The Kier molecular flexibility index (Phi) is 7.66. The summed E-state index contributed by atoms with van der Waals surface area (Å²) in [5.74, 6) is 0.0608. The molecule has 1 aromatic carbocycles. The van der Waals surface area contributed by atoms with Crippen LogP contribution in [0, 0.1) is 6.92 Å². The number of hydrogen-bond acceptors (Lipinski definition) is 3. The molecule has 21 heavy (non-hydrogen) atoms. The molecule has 0 atom stereocenters. The van der Waals surface area contributed by atoms with Gasteiger partial charge in [-0.3, -0.25) is 9.69 Å². The van der Waals surface area contributed by atoms with Gasteiger partial charge in [0.25, 0.3) is 0 Å². The molecule has 1 aliphatic rings. The maximum Gasteiger partial charge on any atom is 0.238 e. The molecule has 0 spiro atoms. The molecule has 1 fully saturated rings. The number of amides is 1. The number of likely N-dealkylation sites (N-methyl/N-ethyl adjacent to an activating group) is 1. The lowest BCUT2D eigenvalue weighted by Crippen LogP contribution is -2.48. The van der Waals surface area contributed by atoms with E-state index in [1.165, 1.54) is 5.56 Å². The van der Waals surface area contributed by atoms with Crippen molar-refractivity contribution < 1.29 is 4.79 Å². The predicted octanol–water partition coefficient (Wildman–Crippen LogP) is 2.76. The van der Waals surface area contributed by atoms with Gasteiger partial charge in [-0.25, -0.2) is 0 Å². The highest BCUT2D eigenvalue weighted by Gasteiger charge is 2.17. The number of rotatable bonds is 4. The van der Waals surface area contributed by atoms with Crippen LogP contribution in [0.15, 0.2) is 22.7 Å². The van der Waals surface area contributed by atoms with Gasteiger partial charge in [0, 0.05) is 36.3 Å². The van der Waals surface area contributed by atoms with E-state index in [2.05, 4.69) is 38.0 Å². The third-order valence-electron chi connectivity index (χ3n) is 3.73. The lowest BCUT2D eigenvalue weighted by Gasteiger charge is -2.33. The molecule has 0 radical (unpaired) electrons. The predicted molar refractivity (Wildman–Crippen MR) is 93.3 cm³/mol. The minimum atomic E-state index is 0. The van der Waals surface area contributed by atoms with E-state index < -0.39 is 0 Å². The fourth-order valence-corrected chi connectivity index (χ4v) is 2.72. The van der Waals surface area contributed by atoms with Gasteiger partial charge < -0.3 is 10.2 Å². The van der Waals surface area contributed by atoms with Crippen molar-refractivity contribution in [3.05, 3.63) is 28.2 Å². The van der Waals surface area contributed by atoms with Gasteiger partial charge in [-0.1, -0.05) is 28.9 Å². The quantitative estimate of drug-likeness (QED) is 0.877. The molecule has 0 aliphatic carbocycles. The molecule has 0 bridgehead atoms. The second-order valence-electron chi connectivity index (χ2n) is 5.22. The van der Waals surface area contributed by atoms with Crippen molar-refractivity contribution in [3.8, 4) is 0 Å². The molecule has 0 aromatic heterocycles. The Morgan fingerprint density at radius 2 is 1.86 bits per heavy atom. The van der Waals surface area contributed by atoms with Crippen molar-refractivity contribution in [1.82, 2.24) is 9.80 Å². The first-order valence-electron chi connectivity index (χ1n) is 7.09. The third kappa shape index (κ3) is 5.58. The maximum atomic E-state index is 12.0. The Morgan fingerprint density at radius 1 is 1.24 bits per heavy atom. The Balaban J connectivity index is 0.00000220. The standard InChI is InChI=1S/C15H22BrN3O.ClH/c1-3-18-6-8-19(9-7-18)11-15(20)17-13-5-4-12(2)14(16)10-13;/h4-5,10H,3,6-9,11H2,1-2H3,(H,17,20);1H. The highest BCUT2D eigenvalue weighted by Crippen LogP contribution is 2.20. The van der Waals surface area contributed by atoms with Gasteiger partial charge >= 0.3 is 0 Å². The zero-order valence-electron chi connectivity index (χ0n) is 12.6. The average Bonchev–Trinajstić information content (AvgIpc) is 2.44. The summed E-state index contributed by atoms with van der Waals surface area (Å²) in [6, 6.07) is 5.88. The van der Waals surface area contributed by atoms with Crippen LogP contribution in [0.25, 0.3) is 0 Å². The number of halogens is 2. The molecular formula is C15H23BrClN3O. The Hall–Kier alpha value is -0.620. The number of hydrogen-bond donors (Lipinski definition) is 1. The fourth-order valence-electron chi connectivity index (χ4n) is 2.34. The minimum absolute atomic E-state index is 0. The SMILES string of the molecule is CCN1CCN(CC(=O)Nc2ccc(C)c(Br)c2)CC1.Cl. The van der Waals surface area contributed by atoms with Crippen molar-refractivity contribution >= 4 is 39.9 Å². The van der Waals surface area contributed by atoms with Gasteiger partial charge in [-0.15, -0.1) is 12.4 Å². The maximum absolute atomic E-state index is 12.0. The molecule has 2 rings (SSSR count). The molecule has 1 saturated heterocycles. The molecule has 0 saturated carbocycles. The smallest absolute Gasteiger partial charge is 0.238 e. The third-order valence-corrected chi connectivity index (χ3v) is 4.59. The summed E-state index contributed by atoms with van der Waals surface area (Å²) >= 11 is 3.48. The summed E-state index contributed by atoms with van der Waals surface area (Å²) in [6.45, 7) is 9.83. The molecule has 1 N–H and O–H groups in total. The second kappa shape index (κ2) is 8.73. The Bertz CT molecular complexity index is 476. The zero-order valence-corrected chi connectivity index (χ0v) is 15.0. The van der Waals surface area contributed by atoms with Crippen LogP contribution >= 0.6 is 28.3 Å². The van der Waals surface area contributed by atoms with Crippen molar-refractivity contribution in [2.75, 3.05) is 44.6 Å². The van der Waals surface area contributed by atoms with Crippen LogP contribution in [-0.2, 0) is 4.79 Å². The van der Waals surface area contributed by atoms with Crippen LogP contribution in [-0.4, -0.2) is 55.0 Å². The lowest BCUT2D eigenvalue weighted by molar-refractivity contribution is -0.117. The van der Waals surface area contributed by atoms with Crippen LogP contribution in [0.5, 0.6) is 0 Å². The summed E-state index contributed by atoms with van der Waals surface area (Å²) in [7, 11) is 0. The zero-order chi connectivity index (χ0) is 14.5. The fraction of sp³-hybridized carbons (Fsp3) is 0.533. The van der Waals surface area contributed by atoms with E-state index in [0.29, 0.717) is 6.54 Å². The van der Waals surface area contributed by atoms with Gasteiger partial charge in [0.1, 0.15) is 0 Å². The van der Waals surface area contributed by atoms with E-state index in [-0.39, 0.29) is 18.3 Å². The molecule has 4 nitrogen and oxygen atoms in total. The number of aryl methyl sites for hydroxylation is 1. The monoisotopic (exact) mass is 375 g/mol. The van der Waals surface area contributed by atoms with Crippen molar-refractivity contribution in [2.24, 2.45) is 0 Å². The van der Waals surface area contributed by atoms with Crippen LogP contribution in [0.1, 0.15) is 12.5 Å². The molecule has 1 aliphatic heterocycles. The molecule has 0 unspecified atom stereocenters. The summed E-state index contributed by atoms with van der Waals surface area (Å²) in [6.07, 6.45) is 0. The molecule has 1 aromatic rings. The Labute approximate surface area is 141 Å². The minimum Gasteiger partial charge on any atom is -0.325 e. The number of benzene rings is 1. The van der Waals surface area contributed by atoms with Gasteiger partial charge in [0.2, 0.25) is 5.91 Å². The molecular weight excluding hydrogens is 354 g/mol. The number of nitrogens with zero attached hydrogens (tertiary/aromatic N) is 2. The van der Waals surface area contributed by atoms with Crippen LogP contribution in [0.4, 0.5) is 5.69 Å². The van der Waals surface area contributed by atoms with Crippen molar-refractivity contribution in [3.63, 3.8) is 0 Å². The molecule has 6 heteroatoms. The van der Waals surface area contributed by atoms with Crippen LogP contribution < -0.4 is 5.32 Å². The van der Waals surface area contributed by atoms with E-state index in [9.17, 15) is 4.79 Å². The lowest BCUT2D eigenvalue weighted by atomic mass is 10.2. The number of piperazine rings is 1. The molecule has 1 heterocycles. The number of nitrogens with one attached hydrogen (secondary N) is 1. The van der Waals surface area contributed by atoms with E-state index >= 15 is 0 Å². The van der Waals surface area contributed by atoms with Crippen molar-refractivity contribution in [1.29, 1.82) is 0 Å². The van der Waals surface area contributed by atoms with E-state index in [0.717, 1.165) is 42.9 Å². The van der Waals surface area contributed by atoms with Gasteiger partial charge in [0.15, 0.2) is 0 Å². The van der Waals surface area contributed by atoms with Crippen LogP contribution in [0.3, 0.4) is 0 Å². The topological polar surface area (TPSA) is 35.6 Å². The summed E-state index contributed by atoms with van der Waals surface area (Å²) in [5, 5.41) is 2.96. The summed E-state index contributed by atoms with van der Waals surface area (Å²) in [5.41, 5.74) is 2.01. The van der Waals surface area contributed by atoms with Gasteiger partial charge in [-0.2, -0.15) is 0 Å². The number of carbonyl (C=O) groups is 1. The molecule has 1 amide bonds. The van der Waals surface area contributed by atoms with Crippen LogP contribution in [0.2, 0.25) is 0 Å². The Morgan fingerprint density at radius 3 is 2.43 bits per heavy atom. The number of anilines is 1. The van der Waals surface area contributed by atoms with E-state index in [4.69, 9.17) is 0 Å². The first-order valence-corrected chi connectivity index (χ1v) is 7.88. The summed E-state index contributed by atoms with van der Waals surface area (Å²) < 4.78 is 1.02. The average molecular weight is 377 g/mol. The normalized spacial score (nSPS) is 16.3. The first-order chi connectivity index (χ1) is 9.58. The largest absolute Gasteiger partial charge is 0.325 e. The van der Waals surface area contributed by atoms with E-state index in [1.54, 1.807) is 0 Å². The van der Waals surface area contributed by atoms with Gasteiger partial charge in [-0.05, 0) is 31.2 Å². The summed E-state index contributed by atoms with van der Waals surface area (Å²) in [4.78, 5) is 16.7.